The van der Waals surface area contributed by atoms with Gasteiger partial charge < -0.3 is 9.64 Å². The van der Waals surface area contributed by atoms with Gasteiger partial charge in [-0.05, 0) is 53.9 Å². The number of fused-ring (bicyclic) bond motifs is 1. The Hall–Kier alpha value is -2.49. The lowest BCUT2D eigenvalue weighted by molar-refractivity contribution is 0.0725. The Kier molecular flexibility index (Phi) is 5.56. The molecule has 4 rings (SSSR count). The number of carbonyl (C=O) groups excluding carboxylic acids is 1. The Balaban J connectivity index is 1.49. The van der Waals surface area contributed by atoms with Crippen molar-refractivity contribution in [3.63, 3.8) is 0 Å². The number of ether oxygens (including phenoxy) is 1. The van der Waals surface area contributed by atoms with E-state index in [1.165, 1.54) is 0 Å². The van der Waals surface area contributed by atoms with E-state index in [9.17, 15) is 4.79 Å². The summed E-state index contributed by atoms with van der Waals surface area (Å²) < 4.78 is 6.02. The molecule has 1 heterocycles. The summed E-state index contributed by atoms with van der Waals surface area (Å²) in [6.45, 7) is 1.68. The van der Waals surface area contributed by atoms with Gasteiger partial charge in [-0.2, -0.15) is 0 Å². The topological polar surface area (TPSA) is 29.5 Å². The van der Waals surface area contributed by atoms with Gasteiger partial charge in [0.25, 0.3) is 5.91 Å². The number of carbonyl (C=O) groups is 1. The van der Waals surface area contributed by atoms with Gasteiger partial charge in [0.15, 0.2) is 0 Å². The fourth-order valence-electron chi connectivity index (χ4n) is 3.38. The van der Waals surface area contributed by atoms with Gasteiger partial charge in [-0.1, -0.05) is 53.5 Å². The molecule has 0 atom stereocenters. The Bertz CT molecular complexity index is 984. The standard InChI is InChI=1S/C23H19Cl2NO2/c24-18-8-4-16(5-9-18)14-26-13-12-20-21(23(26)27)2-1-3-22(20)28-15-17-6-10-19(25)11-7-17/h1-11H,12-15H2. The van der Waals surface area contributed by atoms with Crippen LogP contribution in [0, 0.1) is 0 Å². The van der Waals surface area contributed by atoms with Gasteiger partial charge in [0.05, 0.1) is 0 Å². The average Bonchev–Trinajstić information content (AvgIpc) is 2.71. The van der Waals surface area contributed by atoms with E-state index in [-0.39, 0.29) is 5.91 Å². The van der Waals surface area contributed by atoms with Crippen molar-refractivity contribution in [2.75, 3.05) is 6.54 Å². The molecule has 0 N–H and O–H groups in total. The second-order valence-electron chi connectivity index (χ2n) is 6.80. The average molecular weight is 412 g/mol. The maximum atomic E-state index is 13.0. The van der Waals surface area contributed by atoms with E-state index in [1.807, 2.05) is 71.6 Å². The molecule has 3 aromatic rings. The van der Waals surface area contributed by atoms with Crippen LogP contribution in [0.1, 0.15) is 27.0 Å². The number of hydrogen-bond acceptors (Lipinski definition) is 2. The predicted molar refractivity (Wildman–Crippen MR) is 112 cm³/mol. The van der Waals surface area contributed by atoms with Crippen LogP contribution in [0.4, 0.5) is 0 Å². The lowest BCUT2D eigenvalue weighted by Crippen LogP contribution is -2.37. The third-order valence-corrected chi connectivity index (χ3v) is 5.38. The molecule has 5 heteroatoms. The minimum atomic E-state index is 0.0353. The molecule has 0 aromatic heterocycles. The summed E-state index contributed by atoms with van der Waals surface area (Å²) in [6.07, 6.45) is 0.769. The summed E-state index contributed by atoms with van der Waals surface area (Å²) >= 11 is 11.9. The smallest absolute Gasteiger partial charge is 0.254 e. The molecule has 1 amide bonds. The number of amides is 1. The van der Waals surface area contributed by atoms with E-state index in [0.29, 0.717) is 35.3 Å². The highest BCUT2D eigenvalue weighted by Crippen LogP contribution is 2.29. The first-order valence-corrected chi connectivity index (χ1v) is 9.88. The van der Waals surface area contributed by atoms with Crippen molar-refractivity contribution < 1.29 is 9.53 Å². The molecule has 0 fully saturated rings. The number of benzene rings is 3. The maximum Gasteiger partial charge on any atom is 0.254 e. The molecular weight excluding hydrogens is 393 g/mol. The van der Waals surface area contributed by atoms with Crippen molar-refractivity contribution >= 4 is 29.1 Å². The zero-order valence-electron chi connectivity index (χ0n) is 15.2. The Morgan fingerprint density at radius 1 is 0.857 bits per heavy atom. The van der Waals surface area contributed by atoms with Crippen LogP contribution >= 0.6 is 23.2 Å². The normalized spacial score (nSPS) is 13.4. The van der Waals surface area contributed by atoms with E-state index in [2.05, 4.69) is 0 Å². The molecule has 0 aliphatic carbocycles. The molecule has 0 saturated heterocycles. The number of rotatable bonds is 5. The van der Waals surface area contributed by atoms with Gasteiger partial charge in [0.1, 0.15) is 12.4 Å². The first-order chi connectivity index (χ1) is 13.6. The molecule has 142 valence electrons. The molecule has 1 aliphatic rings. The molecule has 0 unspecified atom stereocenters. The fraction of sp³-hybridized carbons (Fsp3) is 0.174. The lowest BCUT2D eigenvalue weighted by atomic mass is 9.97. The van der Waals surface area contributed by atoms with Gasteiger partial charge in [0.2, 0.25) is 0 Å². The third-order valence-electron chi connectivity index (χ3n) is 4.88. The molecule has 0 spiro atoms. The van der Waals surface area contributed by atoms with Crippen molar-refractivity contribution in [3.05, 3.63) is 99.0 Å². The first-order valence-electron chi connectivity index (χ1n) is 9.13. The van der Waals surface area contributed by atoms with Gasteiger partial charge >= 0.3 is 0 Å². The monoisotopic (exact) mass is 411 g/mol. The van der Waals surface area contributed by atoms with Gasteiger partial charge in [-0.25, -0.2) is 0 Å². The second kappa shape index (κ2) is 8.26. The van der Waals surface area contributed by atoms with E-state index >= 15 is 0 Å². The Labute approximate surface area is 174 Å². The summed E-state index contributed by atoms with van der Waals surface area (Å²) in [5, 5.41) is 1.40. The van der Waals surface area contributed by atoms with Crippen LogP contribution in [0.3, 0.4) is 0 Å². The highest BCUT2D eigenvalue weighted by atomic mass is 35.5. The van der Waals surface area contributed by atoms with Gasteiger partial charge in [-0.3, -0.25) is 4.79 Å². The zero-order valence-corrected chi connectivity index (χ0v) is 16.7. The second-order valence-corrected chi connectivity index (χ2v) is 7.67. The highest BCUT2D eigenvalue weighted by molar-refractivity contribution is 6.30. The quantitative estimate of drug-likeness (QED) is 0.533. The SMILES string of the molecule is O=C1c2cccc(OCc3ccc(Cl)cc3)c2CCN1Cc1ccc(Cl)cc1. The van der Waals surface area contributed by atoms with Crippen LogP contribution in [0.15, 0.2) is 66.7 Å². The molecule has 1 aliphatic heterocycles. The molecule has 0 saturated carbocycles. The molecular formula is C23H19Cl2NO2. The Morgan fingerprint density at radius 2 is 1.50 bits per heavy atom. The molecule has 0 radical (unpaired) electrons. The van der Waals surface area contributed by atoms with Crippen molar-refractivity contribution in [1.82, 2.24) is 4.90 Å². The lowest BCUT2D eigenvalue weighted by Gasteiger charge is -2.29. The predicted octanol–water partition coefficient (Wildman–Crippen LogP) is 5.77. The van der Waals surface area contributed by atoms with Crippen molar-refractivity contribution in [2.45, 2.75) is 19.6 Å². The fourth-order valence-corrected chi connectivity index (χ4v) is 3.63. The maximum absolute atomic E-state index is 13.0. The molecule has 28 heavy (non-hydrogen) atoms. The summed E-state index contributed by atoms with van der Waals surface area (Å²) in [5.74, 6) is 0.806. The first kappa shape index (κ1) is 18.9. The van der Waals surface area contributed by atoms with Gasteiger partial charge in [0, 0.05) is 34.3 Å². The van der Waals surface area contributed by atoms with Crippen LogP contribution in [0.2, 0.25) is 10.0 Å². The molecule has 0 bridgehead atoms. The summed E-state index contributed by atoms with van der Waals surface area (Å²) in [5.41, 5.74) is 3.80. The minimum absolute atomic E-state index is 0.0353. The minimum Gasteiger partial charge on any atom is -0.489 e. The highest BCUT2D eigenvalue weighted by Gasteiger charge is 2.26. The van der Waals surface area contributed by atoms with Crippen molar-refractivity contribution in [2.24, 2.45) is 0 Å². The van der Waals surface area contributed by atoms with E-state index in [0.717, 1.165) is 28.9 Å². The van der Waals surface area contributed by atoms with Gasteiger partial charge in [-0.15, -0.1) is 0 Å². The number of hydrogen-bond donors (Lipinski definition) is 0. The summed E-state index contributed by atoms with van der Waals surface area (Å²) in [7, 11) is 0. The summed E-state index contributed by atoms with van der Waals surface area (Å²) in [4.78, 5) is 14.9. The number of halogens is 2. The van der Waals surface area contributed by atoms with Crippen LogP contribution in [-0.4, -0.2) is 17.4 Å². The van der Waals surface area contributed by atoms with Crippen LogP contribution < -0.4 is 4.74 Å². The van der Waals surface area contributed by atoms with Crippen molar-refractivity contribution in [3.8, 4) is 5.75 Å². The van der Waals surface area contributed by atoms with E-state index in [4.69, 9.17) is 27.9 Å². The van der Waals surface area contributed by atoms with Crippen molar-refractivity contribution in [1.29, 1.82) is 0 Å². The van der Waals surface area contributed by atoms with E-state index in [1.54, 1.807) is 0 Å². The van der Waals surface area contributed by atoms with Crippen LogP contribution in [-0.2, 0) is 19.6 Å². The Morgan fingerprint density at radius 3 is 2.18 bits per heavy atom. The number of nitrogens with zero attached hydrogens (tertiary/aromatic N) is 1. The van der Waals surface area contributed by atoms with E-state index < -0.39 is 0 Å². The molecule has 3 aromatic carbocycles. The summed E-state index contributed by atoms with van der Waals surface area (Å²) in [6, 6.07) is 20.9. The van der Waals surface area contributed by atoms with Crippen LogP contribution in [0.25, 0.3) is 0 Å². The zero-order chi connectivity index (χ0) is 19.5. The molecule has 3 nitrogen and oxygen atoms in total. The van der Waals surface area contributed by atoms with Crippen LogP contribution in [0.5, 0.6) is 5.75 Å². The third kappa shape index (κ3) is 4.16. The largest absolute Gasteiger partial charge is 0.489 e.